The van der Waals surface area contributed by atoms with E-state index in [1.165, 1.54) is 49.9 Å². The molecule has 0 aliphatic carbocycles. The molecule has 3 aliphatic rings. The molecular weight excluding hydrogens is 374 g/mol. The van der Waals surface area contributed by atoms with Gasteiger partial charge < -0.3 is 15.0 Å². The third-order valence-corrected chi connectivity index (χ3v) is 6.72. The minimum absolute atomic E-state index is 0.629. The molecule has 0 amide bonds. The average molecular weight is 414 g/mol. The highest BCUT2D eigenvalue weighted by Gasteiger charge is 2.30. The first-order chi connectivity index (χ1) is 14.8. The van der Waals surface area contributed by atoms with Gasteiger partial charge in [0.2, 0.25) is 0 Å². The van der Waals surface area contributed by atoms with Crippen LogP contribution in [-0.2, 0) is 17.8 Å². The lowest BCUT2D eigenvalue weighted by Crippen LogP contribution is -2.46. The number of benzene rings is 1. The molecule has 6 heteroatoms. The number of rotatable bonds is 6. The second-order valence-corrected chi connectivity index (χ2v) is 8.81. The Balaban J connectivity index is 1.39. The van der Waals surface area contributed by atoms with Crippen LogP contribution in [-0.4, -0.2) is 85.7 Å². The number of morpholine rings is 1. The molecule has 0 spiro atoms. The summed E-state index contributed by atoms with van der Waals surface area (Å²) in [5.41, 5.74) is 2.80. The number of nitrogens with one attached hydrogen (secondary N) is 1. The van der Waals surface area contributed by atoms with Crippen molar-refractivity contribution in [2.75, 3.05) is 59.0 Å². The number of nitrogens with zero attached hydrogens (tertiary/aromatic N) is 4. The fourth-order valence-corrected chi connectivity index (χ4v) is 4.99. The van der Waals surface area contributed by atoms with Gasteiger partial charge in [0.15, 0.2) is 5.96 Å². The second-order valence-electron chi connectivity index (χ2n) is 8.81. The van der Waals surface area contributed by atoms with E-state index >= 15 is 0 Å². The van der Waals surface area contributed by atoms with Gasteiger partial charge in [-0.1, -0.05) is 30.7 Å². The fourth-order valence-electron chi connectivity index (χ4n) is 4.99. The molecule has 6 nitrogen and oxygen atoms in total. The number of ether oxygens (including phenoxy) is 1. The van der Waals surface area contributed by atoms with Crippen LogP contribution in [0.4, 0.5) is 0 Å². The fraction of sp³-hybridized carbons (Fsp3) is 0.708. The Bertz CT molecular complexity index is 682. The van der Waals surface area contributed by atoms with Crippen molar-refractivity contribution in [1.29, 1.82) is 0 Å². The van der Waals surface area contributed by atoms with Gasteiger partial charge in [0.25, 0.3) is 0 Å². The lowest BCUT2D eigenvalue weighted by Gasteiger charge is -2.32. The van der Waals surface area contributed by atoms with E-state index in [1.54, 1.807) is 0 Å². The van der Waals surface area contributed by atoms with Gasteiger partial charge in [0.1, 0.15) is 0 Å². The number of hydrogen-bond acceptors (Lipinski definition) is 4. The summed E-state index contributed by atoms with van der Waals surface area (Å²) in [5.74, 6) is 1.07. The molecule has 0 radical (unpaired) electrons. The number of aliphatic imine (C=N–C) groups is 1. The van der Waals surface area contributed by atoms with E-state index in [4.69, 9.17) is 9.73 Å². The molecule has 4 rings (SSSR count). The van der Waals surface area contributed by atoms with Gasteiger partial charge in [-0.3, -0.25) is 9.80 Å². The summed E-state index contributed by atoms with van der Waals surface area (Å²) in [7, 11) is 0. The number of piperidine rings is 1. The van der Waals surface area contributed by atoms with Gasteiger partial charge in [0.05, 0.1) is 19.8 Å². The third-order valence-electron chi connectivity index (χ3n) is 6.72. The second kappa shape index (κ2) is 11.1. The lowest BCUT2D eigenvalue weighted by atomic mass is 10.1. The minimum Gasteiger partial charge on any atom is -0.379 e. The molecule has 3 fully saturated rings. The molecule has 1 atom stereocenters. The molecule has 0 bridgehead atoms. The number of hydrogen-bond donors (Lipinski definition) is 1. The van der Waals surface area contributed by atoms with Crippen LogP contribution in [0.3, 0.4) is 0 Å². The zero-order valence-electron chi connectivity index (χ0n) is 18.7. The van der Waals surface area contributed by atoms with E-state index in [1.807, 2.05) is 0 Å². The molecule has 1 aromatic carbocycles. The summed E-state index contributed by atoms with van der Waals surface area (Å²) in [6, 6.07) is 9.50. The van der Waals surface area contributed by atoms with Crippen LogP contribution < -0.4 is 5.32 Å². The van der Waals surface area contributed by atoms with Crippen LogP contribution in [0.5, 0.6) is 0 Å². The highest BCUT2D eigenvalue weighted by molar-refractivity contribution is 5.80. The van der Waals surface area contributed by atoms with Crippen molar-refractivity contribution in [2.45, 2.75) is 51.7 Å². The summed E-state index contributed by atoms with van der Waals surface area (Å²) in [5, 5.41) is 3.54. The topological polar surface area (TPSA) is 43.3 Å². The smallest absolute Gasteiger partial charge is 0.194 e. The van der Waals surface area contributed by atoms with Crippen molar-refractivity contribution >= 4 is 5.96 Å². The Hall–Kier alpha value is -1.63. The lowest BCUT2D eigenvalue weighted by molar-refractivity contribution is 0.0195. The first-order valence-corrected chi connectivity index (χ1v) is 12.0. The molecule has 3 heterocycles. The minimum atomic E-state index is 0.629. The highest BCUT2D eigenvalue weighted by Crippen LogP contribution is 2.19. The van der Waals surface area contributed by atoms with Crippen LogP contribution in [0.15, 0.2) is 29.3 Å². The van der Waals surface area contributed by atoms with E-state index in [-0.39, 0.29) is 0 Å². The van der Waals surface area contributed by atoms with Gasteiger partial charge in [-0.05, 0) is 50.4 Å². The van der Waals surface area contributed by atoms with Crippen molar-refractivity contribution in [1.82, 2.24) is 20.0 Å². The van der Waals surface area contributed by atoms with Crippen molar-refractivity contribution in [3.8, 4) is 0 Å². The maximum Gasteiger partial charge on any atom is 0.194 e. The predicted molar refractivity (Wildman–Crippen MR) is 123 cm³/mol. The zero-order chi connectivity index (χ0) is 20.6. The van der Waals surface area contributed by atoms with Gasteiger partial charge in [-0.15, -0.1) is 0 Å². The van der Waals surface area contributed by atoms with Crippen molar-refractivity contribution in [3.05, 3.63) is 35.4 Å². The molecule has 0 aromatic heterocycles. The Morgan fingerprint density at radius 3 is 2.57 bits per heavy atom. The average Bonchev–Trinajstić information content (AvgIpc) is 3.29. The molecule has 3 saturated heterocycles. The van der Waals surface area contributed by atoms with Crippen LogP contribution >= 0.6 is 0 Å². The summed E-state index contributed by atoms with van der Waals surface area (Å²) in [6.45, 7) is 13.4. The maximum atomic E-state index is 5.53. The van der Waals surface area contributed by atoms with Gasteiger partial charge in [-0.25, -0.2) is 4.99 Å². The SMILES string of the molecule is CCNC(=NCc1ccccc1CN1CCCCC1)N1CCC(N2CCOCC2)C1. The Kier molecular flexibility index (Phi) is 8.01. The summed E-state index contributed by atoms with van der Waals surface area (Å²) >= 11 is 0. The van der Waals surface area contributed by atoms with E-state index in [0.717, 1.165) is 65.0 Å². The summed E-state index contributed by atoms with van der Waals surface area (Å²) < 4.78 is 5.53. The van der Waals surface area contributed by atoms with E-state index < -0.39 is 0 Å². The summed E-state index contributed by atoms with van der Waals surface area (Å²) in [4.78, 5) is 12.7. The van der Waals surface area contributed by atoms with E-state index in [0.29, 0.717) is 6.04 Å². The first kappa shape index (κ1) is 21.6. The zero-order valence-corrected chi connectivity index (χ0v) is 18.7. The van der Waals surface area contributed by atoms with E-state index in [2.05, 4.69) is 51.2 Å². The standard InChI is InChI=1S/C24H39N5O/c1-2-25-24(29-13-10-23(20-29)28-14-16-30-17-15-28)26-18-21-8-4-5-9-22(21)19-27-11-6-3-7-12-27/h4-5,8-9,23H,2-3,6-7,10-20H2,1H3,(H,25,26). The molecule has 1 unspecified atom stereocenters. The normalized spacial score (nSPS) is 24.4. The van der Waals surface area contributed by atoms with Crippen LogP contribution in [0.25, 0.3) is 0 Å². The molecular formula is C24H39N5O. The largest absolute Gasteiger partial charge is 0.379 e. The van der Waals surface area contributed by atoms with Gasteiger partial charge in [-0.2, -0.15) is 0 Å². The number of likely N-dealkylation sites (tertiary alicyclic amines) is 2. The summed E-state index contributed by atoms with van der Waals surface area (Å²) in [6.07, 6.45) is 5.28. The van der Waals surface area contributed by atoms with Crippen LogP contribution in [0.1, 0.15) is 43.7 Å². The Morgan fingerprint density at radius 2 is 1.80 bits per heavy atom. The van der Waals surface area contributed by atoms with E-state index in [9.17, 15) is 0 Å². The van der Waals surface area contributed by atoms with Gasteiger partial charge >= 0.3 is 0 Å². The number of guanidine groups is 1. The van der Waals surface area contributed by atoms with Crippen LogP contribution in [0.2, 0.25) is 0 Å². The van der Waals surface area contributed by atoms with Crippen molar-refractivity contribution in [3.63, 3.8) is 0 Å². The highest BCUT2D eigenvalue weighted by atomic mass is 16.5. The molecule has 1 aromatic rings. The third kappa shape index (κ3) is 5.74. The van der Waals surface area contributed by atoms with Crippen molar-refractivity contribution in [2.24, 2.45) is 4.99 Å². The maximum absolute atomic E-state index is 5.53. The quantitative estimate of drug-likeness (QED) is 0.574. The van der Waals surface area contributed by atoms with Gasteiger partial charge in [0, 0.05) is 45.3 Å². The van der Waals surface area contributed by atoms with Crippen LogP contribution in [0, 0.1) is 0 Å². The molecule has 3 aliphatic heterocycles. The van der Waals surface area contributed by atoms with Crippen molar-refractivity contribution < 1.29 is 4.74 Å². The molecule has 30 heavy (non-hydrogen) atoms. The monoisotopic (exact) mass is 413 g/mol. The molecule has 166 valence electrons. The Morgan fingerprint density at radius 1 is 1.03 bits per heavy atom. The molecule has 0 saturated carbocycles. The predicted octanol–water partition coefficient (Wildman–Crippen LogP) is 2.54. The Labute approximate surface area is 182 Å². The first-order valence-electron chi connectivity index (χ1n) is 12.0. The molecule has 1 N–H and O–H groups in total.